The first-order valence-electron chi connectivity index (χ1n) is 11.0. The van der Waals surface area contributed by atoms with Gasteiger partial charge in [-0.05, 0) is 65.8 Å². The van der Waals surface area contributed by atoms with E-state index in [0.29, 0.717) is 23.6 Å². The highest BCUT2D eigenvalue weighted by molar-refractivity contribution is 6.03. The smallest absolute Gasteiger partial charge is 0.253 e. The van der Waals surface area contributed by atoms with Crippen LogP contribution in [0.15, 0.2) is 42.9 Å². The Labute approximate surface area is 191 Å². The molecule has 3 heterocycles. The number of carbonyl (C=O) groups excluding carboxylic acids is 1. The summed E-state index contributed by atoms with van der Waals surface area (Å²) in [7, 11) is 0. The van der Waals surface area contributed by atoms with E-state index in [2.05, 4.69) is 32.4 Å². The predicted molar refractivity (Wildman–Crippen MR) is 132 cm³/mol. The number of rotatable bonds is 6. The number of nitrogens with zero attached hydrogens (tertiary/aromatic N) is 1. The van der Waals surface area contributed by atoms with Gasteiger partial charge in [-0.1, -0.05) is 6.08 Å². The lowest BCUT2D eigenvalue weighted by atomic mass is 9.97. The standard InChI is InChI=1S/C25H27N7O/c26-10-16-7-15(20-12-31-22-13-32-23(27)9-18(20)22)8-19(24(16)28)25(33)29-6-5-14-11-30-21-4-2-1-3-17(14)21/h2,4,7-9,11-13,30-31H,1,3,5-6,10,26,28H2,(H2,27,32)(H,29,33). The van der Waals surface area contributed by atoms with E-state index >= 15 is 0 Å². The summed E-state index contributed by atoms with van der Waals surface area (Å²) >= 11 is 0. The Morgan fingerprint density at radius 2 is 2.00 bits per heavy atom. The number of nitrogens with two attached hydrogens (primary N) is 3. The summed E-state index contributed by atoms with van der Waals surface area (Å²) in [5.74, 6) is 0.215. The number of benzene rings is 1. The molecule has 0 unspecified atom stereocenters. The molecule has 0 saturated heterocycles. The molecular weight excluding hydrogens is 414 g/mol. The van der Waals surface area contributed by atoms with Crippen molar-refractivity contribution in [3.8, 4) is 11.1 Å². The molecule has 0 saturated carbocycles. The molecule has 1 aliphatic carbocycles. The summed E-state index contributed by atoms with van der Waals surface area (Å²) in [6.45, 7) is 0.749. The van der Waals surface area contributed by atoms with Crippen LogP contribution in [0.5, 0.6) is 0 Å². The van der Waals surface area contributed by atoms with Crippen molar-refractivity contribution in [2.45, 2.75) is 25.8 Å². The monoisotopic (exact) mass is 441 g/mol. The first-order chi connectivity index (χ1) is 16.0. The van der Waals surface area contributed by atoms with E-state index in [9.17, 15) is 4.79 Å². The number of nitrogen functional groups attached to an aromatic ring is 2. The van der Waals surface area contributed by atoms with Gasteiger partial charge in [-0.15, -0.1) is 0 Å². The lowest BCUT2D eigenvalue weighted by molar-refractivity contribution is 0.0955. The Morgan fingerprint density at radius 1 is 1.12 bits per heavy atom. The van der Waals surface area contributed by atoms with E-state index in [0.717, 1.165) is 46.9 Å². The SMILES string of the molecule is NCc1cc(-c2c[nH]c3cnc(N)cc23)cc(C(=O)NCCc2c[nH]c3c2CCC=C3)c1N. The van der Waals surface area contributed by atoms with Crippen molar-refractivity contribution < 1.29 is 4.79 Å². The molecule has 4 aromatic rings. The Hall–Kier alpha value is -4.04. The zero-order valence-electron chi connectivity index (χ0n) is 18.2. The molecule has 1 amide bonds. The van der Waals surface area contributed by atoms with Gasteiger partial charge >= 0.3 is 0 Å². The van der Waals surface area contributed by atoms with Crippen molar-refractivity contribution in [1.29, 1.82) is 0 Å². The number of aromatic amines is 2. The van der Waals surface area contributed by atoms with Crippen molar-refractivity contribution in [3.63, 3.8) is 0 Å². The van der Waals surface area contributed by atoms with Gasteiger partial charge in [0, 0.05) is 47.8 Å². The molecule has 1 aliphatic rings. The Morgan fingerprint density at radius 3 is 2.85 bits per heavy atom. The van der Waals surface area contributed by atoms with Gasteiger partial charge in [-0.25, -0.2) is 4.98 Å². The molecule has 0 radical (unpaired) electrons. The van der Waals surface area contributed by atoms with Crippen LogP contribution in [0.25, 0.3) is 28.1 Å². The number of fused-ring (bicyclic) bond motifs is 2. The van der Waals surface area contributed by atoms with Crippen molar-refractivity contribution >= 4 is 34.4 Å². The molecule has 9 N–H and O–H groups in total. The molecule has 33 heavy (non-hydrogen) atoms. The Bertz CT molecular complexity index is 1380. The molecule has 0 fully saturated rings. The minimum Gasteiger partial charge on any atom is -0.398 e. The summed E-state index contributed by atoms with van der Waals surface area (Å²) in [6.07, 6.45) is 12.7. The molecule has 0 spiro atoms. The summed E-state index contributed by atoms with van der Waals surface area (Å²) in [4.78, 5) is 23.7. The zero-order chi connectivity index (χ0) is 22.9. The van der Waals surface area contributed by atoms with Gasteiger partial charge in [0.05, 0.1) is 17.3 Å². The fourth-order valence-electron chi connectivity index (χ4n) is 4.52. The molecule has 0 aliphatic heterocycles. The minimum atomic E-state index is -0.214. The molecular formula is C25H27N7O. The number of allylic oxidation sites excluding steroid dienone is 1. The van der Waals surface area contributed by atoms with Gasteiger partial charge in [-0.2, -0.15) is 0 Å². The second-order valence-corrected chi connectivity index (χ2v) is 8.31. The van der Waals surface area contributed by atoms with Crippen LogP contribution in [0.3, 0.4) is 0 Å². The number of hydrogen-bond donors (Lipinski definition) is 6. The van der Waals surface area contributed by atoms with E-state index in [1.165, 1.54) is 16.8 Å². The van der Waals surface area contributed by atoms with Crippen LogP contribution in [0.1, 0.15) is 39.2 Å². The van der Waals surface area contributed by atoms with Crippen molar-refractivity contribution in [2.24, 2.45) is 5.73 Å². The quantitative estimate of drug-likeness (QED) is 0.254. The molecule has 0 atom stereocenters. The average Bonchev–Trinajstić information content (AvgIpc) is 3.43. The summed E-state index contributed by atoms with van der Waals surface area (Å²) < 4.78 is 0. The van der Waals surface area contributed by atoms with Crippen molar-refractivity contribution in [3.05, 3.63) is 70.8 Å². The molecule has 1 aromatic carbocycles. The van der Waals surface area contributed by atoms with Gasteiger partial charge < -0.3 is 32.5 Å². The van der Waals surface area contributed by atoms with Gasteiger partial charge in [0.2, 0.25) is 0 Å². The summed E-state index contributed by atoms with van der Waals surface area (Å²) in [5.41, 5.74) is 26.1. The van der Waals surface area contributed by atoms with Gasteiger partial charge in [0.1, 0.15) is 5.82 Å². The third-order valence-corrected chi connectivity index (χ3v) is 6.27. The number of nitrogens with one attached hydrogen (secondary N) is 3. The number of anilines is 2. The van der Waals surface area contributed by atoms with Crippen molar-refractivity contribution in [1.82, 2.24) is 20.3 Å². The number of aromatic nitrogens is 3. The molecule has 8 heteroatoms. The molecule has 3 aromatic heterocycles. The van der Waals surface area contributed by atoms with E-state index in [-0.39, 0.29) is 12.5 Å². The maximum absolute atomic E-state index is 13.1. The highest BCUT2D eigenvalue weighted by Crippen LogP contribution is 2.33. The first-order valence-corrected chi connectivity index (χ1v) is 11.0. The largest absolute Gasteiger partial charge is 0.398 e. The van der Waals surface area contributed by atoms with Gasteiger partial charge in [-0.3, -0.25) is 4.79 Å². The number of H-pyrrole nitrogens is 2. The number of pyridine rings is 1. The van der Waals surface area contributed by atoms with E-state index in [1.54, 1.807) is 6.20 Å². The highest BCUT2D eigenvalue weighted by atomic mass is 16.1. The fraction of sp³-hybridized carbons (Fsp3) is 0.200. The number of amides is 1. The highest BCUT2D eigenvalue weighted by Gasteiger charge is 2.18. The lowest BCUT2D eigenvalue weighted by Crippen LogP contribution is -2.27. The van der Waals surface area contributed by atoms with E-state index < -0.39 is 0 Å². The molecule has 0 bridgehead atoms. The van der Waals surface area contributed by atoms with E-state index in [4.69, 9.17) is 17.2 Å². The molecule has 8 nitrogen and oxygen atoms in total. The van der Waals surface area contributed by atoms with Gasteiger partial charge in [0.15, 0.2) is 0 Å². The maximum atomic E-state index is 13.1. The van der Waals surface area contributed by atoms with Gasteiger partial charge in [0.25, 0.3) is 5.91 Å². The normalized spacial score (nSPS) is 12.8. The number of hydrogen-bond acceptors (Lipinski definition) is 5. The van der Waals surface area contributed by atoms with Crippen LogP contribution in [-0.4, -0.2) is 27.4 Å². The third-order valence-electron chi connectivity index (χ3n) is 6.27. The van der Waals surface area contributed by atoms with Crippen LogP contribution in [0.2, 0.25) is 0 Å². The Kier molecular flexibility index (Phi) is 5.35. The van der Waals surface area contributed by atoms with E-state index in [1.807, 2.05) is 30.6 Å². The minimum absolute atomic E-state index is 0.214. The predicted octanol–water partition coefficient (Wildman–Crippen LogP) is 3.11. The van der Waals surface area contributed by atoms with Crippen LogP contribution < -0.4 is 22.5 Å². The maximum Gasteiger partial charge on any atom is 0.253 e. The summed E-state index contributed by atoms with van der Waals surface area (Å²) in [5, 5.41) is 3.95. The summed E-state index contributed by atoms with van der Waals surface area (Å²) in [6, 6.07) is 5.54. The fourth-order valence-corrected chi connectivity index (χ4v) is 4.52. The number of carbonyl (C=O) groups is 1. The van der Waals surface area contributed by atoms with Crippen LogP contribution in [-0.2, 0) is 19.4 Å². The Balaban J connectivity index is 1.40. The van der Waals surface area contributed by atoms with Crippen LogP contribution >= 0.6 is 0 Å². The van der Waals surface area contributed by atoms with Crippen LogP contribution in [0, 0.1) is 0 Å². The molecule has 168 valence electrons. The lowest BCUT2D eigenvalue weighted by Gasteiger charge is -2.14. The average molecular weight is 442 g/mol. The van der Waals surface area contributed by atoms with Crippen LogP contribution in [0.4, 0.5) is 11.5 Å². The molecule has 5 rings (SSSR count). The topological polar surface area (TPSA) is 152 Å². The first kappa shape index (κ1) is 20.8. The third kappa shape index (κ3) is 3.85. The zero-order valence-corrected chi connectivity index (χ0v) is 18.2. The van der Waals surface area contributed by atoms with Crippen molar-refractivity contribution in [2.75, 3.05) is 18.0 Å². The second-order valence-electron chi connectivity index (χ2n) is 8.31. The second kappa shape index (κ2) is 8.48.